The predicted molar refractivity (Wildman–Crippen MR) is 202 cm³/mol. The first-order chi connectivity index (χ1) is 22.7. The molecule has 0 radical (unpaired) electrons. The molecule has 0 spiro atoms. The van der Waals surface area contributed by atoms with E-state index >= 15 is 0 Å². The summed E-state index contributed by atoms with van der Waals surface area (Å²) in [7, 11) is 0. The highest BCUT2D eigenvalue weighted by Crippen LogP contribution is 2.67. The molecule has 2 nitrogen and oxygen atoms in total. The second-order valence-corrected chi connectivity index (χ2v) is 18.0. The number of hydrogen-bond acceptors (Lipinski definition) is 2. The summed E-state index contributed by atoms with van der Waals surface area (Å²) in [6.07, 6.45) is 39.5. The topological polar surface area (TPSA) is 26.3 Å². The lowest BCUT2D eigenvalue weighted by Crippen LogP contribution is -2.51. The number of allylic oxidation sites excluding steroid dienone is 3. The fraction of sp³-hybridized carbons (Fsp3) is 0.889. The SMILES string of the molecule is CCCCCCCC/C=C/CCCCCCCC(=O)O[C@H]1CC[C@@]2(C)C(=CC[C@H]3[C@@H]4CC[C@@H]([C@H](C)CCCC(C)C)[C@@]4(C)CC[C@@H]32)C1. The summed E-state index contributed by atoms with van der Waals surface area (Å²) in [5, 5.41) is 0. The molecule has 4 rings (SSSR count). The standard InChI is InChI=1S/C45H78O2/c1-7-8-9-10-11-12-13-14-15-16-17-18-19-20-21-25-43(46)47-38-30-32-44(5)37(34-38)26-27-39-41-29-28-40(36(4)24-22-23-35(2)3)45(41,6)33-31-42(39)44/h14-15,26,35-36,38-42H,7-13,16-25,27-34H2,1-6H3/b15-14+/t36-,38+,39+,40+,41+,42+,44+,45-/m1/s1. The Morgan fingerprint density at radius 2 is 1.49 bits per heavy atom. The zero-order valence-corrected chi connectivity index (χ0v) is 32.3. The van der Waals surface area contributed by atoms with Gasteiger partial charge in [0.05, 0.1) is 0 Å². The highest BCUT2D eigenvalue weighted by atomic mass is 16.5. The van der Waals surface area contributed by atoms with Gasteiger partial charge in [0.2, 0.25) is 0 Å². The van der Waals surface area contributed by atoms with Crippen molar-refractivity contribution >= 4 is 5.97 Å². The molecule has 0 aromatic heterocycles. The minimum atomic E-state index is 0.0541. The number of ether oxygens (including phenoxy) is 1. The van der Waals surface area contributed by atoms with Gasteiger partial charge in [-0.15, -0.1) is 0 Å². The second kappa shape index (κ2) is 19.4. The average molecular weight is 651 g/mol. The summed E-state index contributed by atoms with van der Waals surface area (Å²) < 4.78 is 6.12. The zero-order chi connectivity index (χ0) is 33.7. The molecule has 0 heterocycles. The Labute approximate surface area is 293 Å². The molecule has 47 heavy (non-hydrogen) atoms. The van der Waals surface area contributed by atoms with E-state index in [1.165, 1.54) is 128 Å². The van der Waals surface area contributed by atoms with Crippen molar-refractivity contribution in [2.24, 2.45) is 46.3 Å². The molecule has 8 atom stereocenters. The van der Waals surface area contributed by atoms with Crippen LogP contribution in [0.5, 0.6) is 0 Å². The minimum Gasteiger partial charge on any atom is -0.462 e. The molecule has 4 aliphatic rings. The summed E-state index contributed by atoms with van der Waals surface area (Å²) in [5.74, 6) is 5.31. The zero-order valence-electron chi connectivity index (χ0n) is 32.3. The van der Waals surface area contributed by atoms with Crippen LogP contribution in [0.2, 0.25) is 0 Å². The van der Waals surface area contributed by atoms with Gasteiger partial charge in [0.1, 0.15) is 6.10 Å². The van der Waals surface area contributed by atoms with Crippen LogP contribution in [-0.2, 0) is 9.53 Å². The second-order valence-electron chi connectivity index (χ2n) is 18.0. The summed E-state index contributed by atoms with van der Waals surface area (Å²) in [6, 6.07) is 0. The van der Waals surface area contributed by atoms with E-state index < -0.39 is 0 Å². The van der Waals surface area contributed by atoms with E-state index in [1.807, 2.05) is 0 Å². The maximum atomic E-state index is 12.8. The Morgan fingerprint density at radius 3 is 2.19 bits per heavy atom. The molecule has 0 aliphatic heterocycles. The molecule has 3 saturated carbocycles. The Morgan fingerprint density at radius 1 is 0.809 bits per heavy atom. The highest BCUT2D eigenvalue weighted by Gasteiger charge is 2.59. The van der Waals surface area contributed by atoms with Gasteiger partial charge in [-0.05, 0) is 123 Å². The van der Waals surface area contributed by atoms with Crippen molar-refractivity contribution in [3.8, 4) is 0 Å². The summed E-state index contributed by atoms with van der Waals surface area (Å²) in [4.78, 5) is 12.8. The molecular formula is C45H78O2. The quantitative estimate of drug-likeness (QED) is 0.0702. The number of hydrogen-bond donors (Lipinski definition) is 0. The van der Waals surface area contributed by atoms with E-state index in [9.17, 15) is 4.79 Å². The molecule has 0 saturated heterocycles. The molecule has 0 aromatic carbocycles. The maximum absolute atomic E-state index is 12.8. The van der Waals surface area contributed by atoms with Crippen molar-refractivity contribution in [2.75, 3.05) is 0 Å². The van der Waals surface area contributed by atoms with Gasteiger partial charge in [-0.2, -0.15) is 0 Å². The van der Waals surface area contributed by atoms with Crippen LogP contribution in [-0.4, -0.2) is 12.1 Å². The van der Waals surface area contributed by atoms with Crippen LogP contribution < -0.4 is 0 Å². The van der Waals surface area contributed by atoms with Crippen molar-refractivity contribution < 1.29 is 9.53 Å². The lowest BCUT2D eigenvalue weighted by Gasteiger charge is -2.58. The molecule has 3 fully saturated rings. The van der Waals surface area contributed by atoms with Crippen LogP contribution in [0.4, 0.5) is 0 Å². The first-order valence-corrected chi connectivity index (χ1v) is 21.2. The van der Waals surface area contributed by atoms with E-state index in [4.69, 9.17) is 4.74 Å². The summed E-state index contributed by atoms with van der Waals surface area (Å²) in [6.45, 7) is 14.9. The molecule has 0 aromatic rings. The van der Waals surface area contributed by atoms with Gasteiger partial charge in [0.15, 0.2) is 0 Å². The molecule has 0 N–H and O–H groups in total. The number of carbonyl (C=O) groups is 1. The average Bonchev–Trinajstić information content (AvgIpc) is 3.40. The van der Waals surface area contributed by atoms with Crippen LogP contribution >= 0.6 is 0 Å². The lowest BCUT2D eigenvalue weighted by atomic mass is 9.47. The van der Waals surface area contributed by atoms with Crippen LogP contribution in [0.1, 0.15) is 202 Å². The maximum Gasteiger partial charge on any atom is 0.306 e. The van der Waals surface area contributed by atoms with Crippen molar-refractivity contribution in [1.82, 2.24) is 0 Å². The molecular weight excluding hydrogens is 572 g/mol. The van der Waals surface area contributed by atoms with Crippen molar-refractivity contribution in [3.63, 3.8) is 0 Å². The van der Waals surface area contributed by atoms with E-state index in [-0.39, 0.29) is 12.1 Å². The largest absolute Gasteiger partial charge is 0.462 e. The fourth-order valence-electron chi connectivity index (χ4n) is 11.3. The Balaban J connectivity index is 1.12. The van der Waals surface area contributed by atoms with E-state index in [0.29, 0.717) is 17.3 Å². The molecule has 270 valence electrons. The van der Waals surface area contributed by atoms with Gasteiger partial charge in [0, 0.05) is 12.8 Å². The monoisotopic (exact) mass is 651 g/mol. The van der Waals surface area contributed by atoms with Gasteiger partial charge >= 0.3 is 5.97 Å². The third-order valence-corrected chi connectivity index (χ3v) is 14.2. The van der Waals surface area contributed by atoms with Gasteiger partial charge in [-0.1, -0.05) is 136 Å². The molecule has 0 bridgehead atoms. The van der Waals surface area contributed by atoms with Gasteiger partial charge < -0.3 is 4.74 Å². The number of esters is 1. The fourth-order valence-corrected chi connectivity index (χ4v) is 11.3. The normalized spacial score (nSPS) is 32.6. The third-order valence-electron chi connectivity index (χ3n) is 14.2. The summed E-state index contributed by atoms with van der Waals surface area (Å²) >= 11 is 0. The molecule has 4 aliphatic carbocycles. The number of unbranched alkanes of at least 4 members (excludes halogenated alkanes) is 11. The number of carbonyl (C=O) groups excluding carboxylic acids is 1. The highest BCUT2D eigenvalue weighted by molar-refractivity contribution is 5.69. The molecule has 0 amide bonds. The Hall–Kier alpha value is -1.05. The van der Waals surface area contributed by atoms with Gasteiger partial charge in [-0.3, -0.25) is 4.79 Å². The Bertz CT molecular complexity index is 976. The molecule has 2 heteroatoms. The van der Waals surface area contributed by atoms with Crippen LogP contribution in [0, 0.1) is 46.3 Å². The smallest absolute Gasteiger partial charge is 0.306 e. The number of fused-ring (bicyclic) bond motifs is 5. The lowest BCUT2D eigenvalue weighted by molar-refractivity contribution is -0.151. The van der Waals surface area contributed by atoms with E-state index in [1.54, 1.807) is 5.57 Å². The van der Waals surface area contributed by atoms with E-state index in [0.717, 1.165) is 61.2 Å². The van der Waals surface area contributed by atoms with Gasteiger partial charge in [0.25, 0.3) is 0 Å². The minimum absolute atomic E-state index is 0.0541. The molecule has 0 unspecified atom stereocenters. The first kappa shape index (κ1) is 38.7. The summed E-state index contributed by atoms with van der Waals surface area (Å²) in [5.41, 5.74) is 2.53. The third kappa shape index (κ3) is 10.7. The van der Waals surface area contributed by atoms with Crippen LogP contribution in [0.25, 0.3) is 0 Å². The predicted octanol–water partition coefficient (Wildman–Crippen LogP) is 14.0. The van der Waals surface area contributed by atoms with Crippen LogP contribution in [0.15, 0.2) is 23.8 Å². The number of rotatable bonds is 21. The first-order valence-electron chi connectivity index (χ1n) is 21.2. The Kier molecular flexibility index (Phi) is 16.0. The van der Waals surface area contributed by atoms with Crippen molar-refractivity contribution in [2.45, 2.75) is 208 Å². The van der Waals surface area contributed by atoms with Crippen molar-refractivity contribution in [1.29, 1.82) is 0 Å². The van der Waals surface area contributed by atoms with E-state index in [2.05, 4.69) is 59.8 Å². The van der Waals surface area contributed by atoms with Crippen LogP contribution in [0.3, 0.4) is 0 Å². The van der Waals surface area contributed by atoms with Crippen molar-refractivity contribution in [3.05, 3.63) is 23.8 Å². The van der Waals surface area contributed by atoms with Gasteiger partial charge in [-0.25, -0.2) is 0 Å².